The van der Waals surface area contributed by atoms with Crippen LogP contribution >= 0.6 is 23.2 Å². The number of hydrogen-bond donors (Lipinski definition) is 1. The van der Waals surface area contributed by atoms with Crippen molar-refractivity contribution in [3.63, 3.8) is 0 Å². The molecule has 2 rings (SSSR count). The Kier molecular flexibility index (Phi) is 6.30. The maximum atomic E-state index is 6.22. The minimum Gasteiger partial charge on any atom is -0.490 e. The van der Waals surface area contributed by atoms with Gasteiger partial charge in [-0.15, -0.1) is 0 Å². The highest BCUT2D eigenvalue weighted by Gasteiger charge is 2.09. The second kappa shape index (κ2) is 8.23. The molecule has 0 saturated heterocycles. The Morgan fingerprint density at radius 2 is 1.67 bits per heavy atom. The quantitative estimate of drug-likeness (QED) is 0.816. The first-order valence-corrected chi connectivity index (χ1v) is 7.66. The molecule has 1 N–H and O–H groups in total. The second-order valence-electron chi connectivity index (χ2n) is 4.70. The van der Waals surface area contributed by atoms with Crippen molar-refractivity contribution in [2.24, 2.45) is 0 Å². The molecule has 1 aromatic heterocycles. The third-order valence-corrected chi connectivity index (χ3v) is 3.48. The predicted octanol–water partition coefficient (Wildman–Crippen LogP) is 4.47. The number of aromatic nitrogens is 1. The van der Waals surface area contributed by atoms with Gasteiger partial charge in [-0.25, -0.2) is 0 Å². The molecule has 0 unspecified atom stereocenters. The number of pyridine rings is 1. The molecule has 0 fully saturated rings. The first-order chi connectivity index (χ1) is 10.2. The third kappa shape index (κ3) is 4.88. The fourth-order valence-electron chi connectivity index (χ4n) is 1.91. The summed E-state index contributed by atoms with van der Waals surface area (Å²) in [6, 6.07) is 7.74. The smallest absolute Gasteiger partial charge is 0.156 e. The third-order valence-electron chi connectivity index (χ3n) is 2.92. The van der Waals surface area contributed by atoms with E-state index in [2.05, 4.69) is 10.3 Å². The van der Waals surface area contributed by atoms with E-state index in [9.17, 15) is 0 Å². The molecule has 0 radical (unpaired) electrons. The average molecular weight is 325 g/mol. The molecule has 0 aliphatic heterocycles. The van der Waals surface area contributed by atoms with Gasteiger partial charge in [0.25, 0.3) is 0 Å². The van der Waals surface area contributed by atoms with Gasteiger partial charge in [-0.05, 0) is 41.8 Å². The molecular formula is C16H18Cl2N2O. The van der Waals surface area contributed by atoms with Crippen molar-refractivity contribution >= 4 is 23.2 Å². The van der Waals surface area contributed by atoms with Crippen molar-refractivity contribution in [1.82, 2.24) is 10.3 Å². The van der Waals surface area contributed by atoms with Gasteiger partial charge in [0.2, 0.25) is 0 Å². The Labute approximate surface area is 135 Å². The van der Waals surface area contributed by atoms with Crippen molar-refractivity contribution in [1.29, 1.82) is 0 Å². The zero-order valence-electron chi connectivity index (χ0n) is 11.9. The van der Waals surface area contributed by atoms with Gasteiger partial charge in [-0.2, -0.15) is 0 Å². The summed E-state index contributed by atoms with van der Waals surface area (Å²) in [5.74, 6) is 0.568. The average Bonchev–Trinajstić information content (AvgIpc) is 2.48. The van der Waals surface area contributed by atoms with Crippen LogP contribution in [0, 0.1) is 0 Å². The van der Waals surface area contributed by atoms with Crippen molar-refractivity contribution in [3.8, 4) is 5.75 Å². The van der Waals surface area contributed by atoms with Crippen LogP contribution in [0.5, 0.6) is 5.75 Å². The molecule has 0 bridgehead atoms. The zero-order chi connectivity index (χ0) is 15.1. The molecule has 1 heterocycles. The normalized spacial score (nSPS) is 10.6. The van der Waals surface area contributed by atoms with E-state index in [1.54, 1.807) is 12.4 Å². The lowest BCUT2D eigenvalue weighted by molar-refractivity contribution is 0.317. The number of nitrogens with zero attached hydrogens (tertiary/aromatic N) is 1. The Morgan fingerprint density at radius 3 is 2.29 bits per heavy atom. The first kappa shape index (κ1) is 16.1. The minimum absolute atomic E-state index is 0.552. The van der Waals surface area contributed by atoms with Gasteiger partial charge in [0, 0.05) is 25.5 Å². The van der Waals surface area contributed by atoms with Crippen molar-refractivity contribution < 1.29 is 4.74 Å². The van der Waals surface area contributed by atoms with Gasteiger partial charge in [0.15, 0.2) is 5.75 Å². The van der Waals surface area contributed by atoms with E-state index in [-0.39, 0.29) is 0 Å². The summed E-state index contributed by atoms with van der Waals surface area (Å²) in [5.41, 5.74) is 2.22. The molecule has 0 aliphatic carbocycles. The lowest BCUT2D eigenvalue weighted by Gasteiger charge is -2.12. The molecule has 2 aromatic rings. The number of nitrogens with one attached hydrogen (secondary N) is 1. The van der Waals surface area contributed by atoms with Crippen LogP contribution in [0.1, 0.15) is 24.5 Å². The van der Waals surface area contributed by atoms with Gasteiger partial charge in [0.1, 0.15) is 0 Å². The zero-order valence-corrected chi connectivity index (χ0v) is 13.4. The van der Waals surface area contributed by atoms with E-state index < -0.39 is 0 Å². The number of halogens is 2. The number of hydrogen-bond acceptors (Lipinski definition) is 3. The van der Waals surface area contributed by atoms with Crippen LogP contribution < -0.4 is 10.1 Å². The number of rotatable bonds is 7. The maximum absolute atomic E-state index is 6.22. The molecule has 0 atom stereocenters. The van der Waals surface area contributed by atoms with E-state index >= 15 is 0 Å². The number of ether oxygens (including phenoxy) is 1. The van der Waals surface area contributed by atoms with Crippen molar-refractivity contribution in [3.05, 3.63) is 57.8 Å². The van der Waals surface area contributed by atoms with Gasteiger partial charge < -0.3 is 10.1 Å². The molecule has 112 valence electrons. The molecule has 1 aromatic carbocycles. The van der Waals surface area contributed by atoms with Gasteiger partial charge in [-0.3, -0.25) is 4.98 Å². The fourth-order valence-corrected chi connectivity index (χ4v) is 2.55. The van der Waals surface area contributed by atoms with E-state index in [1.807, 2.05) is 31.2 Å². The molecule has 0 aliphatic rings. The van der Waals surface area contributed by atoms with Gasteiger partial charge in [0.05, 0.1) is 16.7 Å². The second-order valence-corrected chi connectivity index (χ2v) is 5.51. The van der Waals surface area contributed by atoms with Crippen LogP contribution in [0.25, 0.3) is 0 Å². The lowest BCUT2D eigenvalue weighted by Crippen LogP contribution is -2.12. The van der Waals surface area contributed by atoms with Crippen LogP contribution in [0.2, 0.25) is 10.0 Å². The van der Waals surface area contributed by atoms with E-state index in [0.29, 0.717) is 28.9 Å². The summed E-state index contributed by atoms with van der Waals surface area (Å²) in [4.78, 5) is 3.99. The molecule has 3 nitrogen and oxygen atoms in total. The topological polar surface area (TPSA) is 34.1 Å². The SMILES string of the molecule is CCCOc1c(Cl)cc(CNCc2ccncc2)cc1Cl. The summed E-state index contributed by atoms with van der Waals surface area (Å²) in [6.45, 7) is 4.11. The summed E-state index contributed by atoms with van der Waals surface area (Å²) in [6.07, 6.45) is 4.48. The Morgan fingerprint density at radius 1 is 1.05 bits per heavy atom. The summed E-state index contributed by atoms with van der Waals surface area (Å²) < 4.78 is 5.55. The van der Waals surface area contributed by atoms with Crippen LogP contribution in [0.3, 0.4) is 0 Å². The summed E-state index contributed by atoms with van der Waals surface area (Å²) >= 11 is 12.4. The van der Waals surface area contributed by atoms with E-state index in [4.69, 9.17) is 27.9 Å². The Balaban J connectivity index is 1.95. The standard InChI is InChI=1S/C16H18Cl2N2O/c1-2-7-21-16-14(17)8-13(9-15(16)18)11-20-10-12-3-5-19-6-4-12/h3-6,8-9,20H,2,7,10-11H2,1H3. The van der Waals surface area contributed by atoms with Crippen molar-refractivity contribution in [2.75, 3.05) is 6.61 Å². The lowest BCUT2D eigenvalue weighted by atomic mass is 10.2. The summed E-state index contributed by atoms with van der Waals surface area (Å²) in [7, 11) is 0. The number of benzene rings is 1. The van der Waals surface area contributed by atoms with Crippen molar-refractivity contribution in [2.45, 2.75) is 26.4 Å². The predicted molar refractivity (Wildman–Crippen MR) is 87.0 cm³/mol. The van der Waals surface area contributed by atoms with Crippen LogP contribution in [-0.4, -0.2) is 11.6 Å². The minimum atomic E-state index is 0.552. The summed E-state index contributed by atoms with van der Waals surface area (Å²) in [5, 5.41) is 4.45. The molecular weight excluding hydrogens is 307 g/mol. The van der Waals surface area contributed by atoms with E-state index in [0.717, 1.165) is 18.5 Å². The Hall–Kier alpha value is -1.29. The molecule has 0 saturated carbocycles. The van der Waals surface area contributed by atoms with Gasteiger partial charge >= 0.3 is 0 Å². The highest BCUT2D eigenvalue weighted by atomic mass is 35.5. The molecule has 0 spiro atoms. The van der Waals surface area contributed by atoms with Gasteiger partial charge in [-0.1, -0.05) is 30.1 Å². The highest BCUT2D eigenvalue weighted by Crippen LogP contribution is 2.34. The maximum Gasteiger partial charge on any atom is 0.156 e. The Bertz CT molecular complexity index is 553. The largest absolute Gasteiger partial charge is 0.490 e. The molecule has 5 heteroatoms. The monoisotopic (exact) mass is 324 g/mol. The molecule has 0 amide bonds. The fraction of sp³-hybridized carbons (Fsp3) is 0.312. The molecule has 21 heavy (non-hydrogen) atoms. The first-order valence-electron chi connectivity index (χ1n) is 6.91. The van der Waals surface area contributed by atoms with Crippen LogP contribution in [0.15, 0.2) is 36.7 Å². The van der Waals surface area contributed by atoms with Crippen LogP contribution in [0.4, 0.5) is 0 Å². The van der Waals surface area contributed by atoms with Crippen LogP contribution in [-0.2, 0) is 13.1 Å². The highest BCUT2D eigenvalue weighted by molar-refractivity contribution is 6.37. The van der Waals surface area contributed by atoms with E-state index in [1.165, 1.54) is 5.56 Å².